The molecule has 2 aromatic heterocycles. The Morgan fingerprint density at radius 3 is 2.74 bits per heavy atom. The SMILES string of the molecule is NC[C@H](Nc1ncc(Cl)c(Nn2nccc2C2CC2)n1)c1ccc(F)cc1. The highest BCUT2D eigenvalue weighted by Gasteiger charge is 2.27. The third kappa shape index (κ3) is 4.01. The van der Waals surface area contributed by atoms with Gasteiger partial charge in [0.05, 0.1) is 24.1 Å². The molecule has 1 saturated carbocycles. The number of anilines is 2. The molecule has 3 aromatic rings. The van der Waals surface area contributed by atoms with E-state index >= 15 is 0 Å². The van der Waals surface area contributed by atoms with Gasteiger partial charge >= 0.3 is 0 Å². The molecule has 7 nitrogen and oxygen atoms in total. The maximum Gasteiger partial charge on any atom is 0.225 e. The smallest absolute Gasteiger partial charge is 0.225 e. The van der Waals surface area contributed by atoms with Crippen LogP contribution in [0.3, 0.4) is 0 Å². The van der Waals surface area contributed by atoms with E-state index in [1.165, 1.54) is 18.3 Å². The summed E-state index contributed by atoms with van der Waals surface area (Å²) in [5, 5.41) is 7.83. The summed E-state index contributed by atoms with van der Waals surface area (Å²) >= 11 is 6.24. The molecule has 0 bridgehead atoms. The molecule has 0 aliphatic heterocycles. The fourth-order valence-electron chi connectivity index (χ4n) is 2.84. The van der Waals surface area contributed by atoms with Crippen LogP contribution in [-0.2, 0) is 0 Å². The van der Waals surface area contributed by atoms with E-state index in [4.69, 9.17) is 17.3 Å². The van der Waals surface area contributed by atoms with Crippen LogP contribution in [0.5, 0.6) is 0 Å². The molecule has 0 unspecified atom stereocenters. The van der Waals surface area contributed by atoms with Gasteiger partial charge < -0.3 is 11.1 Å². The fraction of sp³-hybridized carbons (Fsp3) is 0.278. The summed E-state index contributed by atoms with van der Waals surface area (Å²) in [6.07, 6.45) is 5.58. The van der Waals surface area contributed by atoms with Crippen LogP contribution in [-0.4, -0.2) is 26.4 Å². The summed E-state index contributed by atoms with van der Waals surface area (Å²) in [6, 6.07) is 7.88. The average Bonchev–Trinajstić information content (AvgIpc) is 3.42. The van der Waals surface area contributed by atoms with Gasteiger partial charge in [0.2, 0.25) is 5.95 Å². The summed E-state index contributed by atoms with van der Waals surface area (Å²) < 4.78 is 13.1. The first-order valence-corrected chi connectivity index (χ1v) is 9.07. The molecule has 9 heteroatoms. The predicted octanol–water partition coefficient (Wildman–Crippen LogP) is 3.33. The van der Waals surface area contributed by atoms with Crippen molar-refractivity contribution >= 4 is 23.4 Å². The van der Waals surface area contributed by atoms with E-state index in [0.29, 0.717) is 29.3 Å². The average molecular weight is 388 g/mol. The van der Waals surface area contributed by atoms with E-state index in [-0.39, 0.29) is 11.9 Å². The third-order valence-corrected chi connectivity index (χ3v) is 4.71. The maximum absolute atomic E-state index is 13.1. The van der Waals surface area contributed by atoms with Crippen molar-refractivity contribution in [3.05, 3.63) is 64.8 Å². The summed E-state index contributed by atoms with van der Waals surface area (Å²) in [6.45, 7) is 0.297. The van der Waals surface area contributed by atoms with Crippen LogP contribution >= 0.6 is 11.6 Å². The number of hydrogen-bond donors (Lipinski definition) is 3. The topological polar surface area (TPSA) is 93.7 Å². The van der Waals surface area contributed by atoms with Crippen LogP contribution in [0.1, 0.15) is 36.1 Å². The van der Waals surface area contributed by atoms with E-state index in [1.807, 2.05) is 6.07 Å². The summed E-state index contributed by atoms with van der Waals surface area (Å²) in [4.78, 5) is 10.3. The lowest BCUT2D eigenvalue weighted by Crippen LogP contribution is -2.22. The van der Waals surface area contributed by atoms with Gasteiger partial charge in [-0.25, -0.2) is 9.37 Å². The number of halogens is 2. The number of nitrogens with one attached hydrogen (secondary N) is 2. The second-order valence-corrected chi connectivity index (χ2v) is 6.84. The van der Waals surface area contributed by atoms with Gasteiger partial charge in [-0.3, -0.25) is 5.43 Å². The van der Waals surface area contributed by atoms with Crippen LogP contribution < -0.4 is 16.5 Å². The molecule has 2 heterocycles. The van der Waals surface area contributed by atoms with Crippen LogP contribution in [0.4, 0.5) is 16.2 Å². The molecule has 0 amide bonds. The van der Waals surface area contributed by atoms with Gasteiger partial charge in [0, 0.05) is 12.5 Å². The Kier molecular flexibility index (Phi) is 4.91. The van der Waals surface area contributed by atoms with Gasteiger partial charge in [-0.15, -0.1) is 0 Å². The second kappa shape index (κ2) is 7.50. The van der Waals surface area contributed by atoms with E-state index in [0.717, 1.165) is 24.1 Å². The van der Waals surface area contributed by atoms with Crippen molar-refractivity contribution < 1.29 is 4.39 Å². The van der Waals surface area contributed by atoms with Gasteiger partial charge in [-0.05, 0) is 36.6 Å². The highest BCUT2D eigenvalue weighted by atomic mass is 35.5. The summed E-state index contributed by atoms with van der Waals surface area (Å²) in [5.41, 5.74) is 10.9. The molecular weight excluding hydrogens is 369 g/mol. The van der Waals surface area contributed by atoms with Crippen molar-refractivity contribution in [1.29, 1.82) is 0 Å². The Hall–Kier alpha value is -2.71. The van der Waals surface area contributed by atoms with Crippen molar-refractivity contribution in [2.24, 2.45) is 5.73 Å². The predicted molar refractivity (Wildman–Crippen MR) is 102 cm³/mol. The summed E-state index contributed by atoms with van der Waals surface area (Å²) in [7, 11) is 0. The van der Waals surface area contributed by atoms with Crippen LogP contribution in [0.15, 0.2) is 42.7 Å². The number of nitrogens with two attached hydrogens (primary N) is 1. The number of aromatic nitrogens is 4. The molecule has 1 aromatic carbocycles. The Labute approximate surface area is 160 Å². The molecule has 0 saturated heterocycles. The molecular formula is C18H19ClFN7. The zero-order valence-electron chi connectivity index (χ0n) is 14.4. The lowest BCUT2D eigenvalue weighted by Gasteiger charge is -2.18. The molecule has 0 radical (unpaired) electrons. The van der Waals surface area contributed by atoms with Crippen molar-refractivity contribution in [3.63, 3.8) is 0 Å². The van der Waals surface area contributed by atoms with E-state index < -0.39 is 0 Å². The van der Waals surface area contributed by atoms with Crippen LogP contribution in [0.25, 0.3) is 0 Å². The Bertz CT molecular complexity index is 924. The highest BCUT2D eigenvalue weighted by Crippen LogP contribution is 2.39. The van der Waals surface area contributed by atoms with E-state index in [2.05, 4.69) is 25.8 Å². The molecule has 1 atom stereocenters. The second-order valence-electron chi connectivity index (χ2n) is 6.43. The van der Waals surface area contributed by atoms with Crippen molar-refractivity contribution in [2.45, 2.75) is 24.8 Å². The highest BCUT2D eigenvalue weighted by molar-refractivity contribution is 6.32. The lowest BCUT2D eigenvalue weighted by molar-refractivity contribution is 0.625. The van der Waals surface area contributed by atoms with Gasteiger partial charge in [-0.2, -0.15) is 14.9 Å². The minimum absolute atomic E-state index is 0.258. The molecule has 4 rings (SSSR count). The van der Waals surface area contributed by atoms with Crippen molar-refractivity contribution in [2.75, 3.05) is 17.3 Å². The minimum atomic E-state index is -0.297. The third-order valence-electron chi connectivity index (χ3n) is 4.43. The van der Waals surface area contributed by atoms with Crippen LogP contribution in [0.2, 0.25) is 5.02 Å². The van der Waals surface area contributed by atoms with Gasteiger partial charge in [0.1, 0.15) is 10.8 Å². The zero-order chi connectivity index (χ0) is 18.8. The van der Waals surface area contributed by atoms with Crippen LogP contribution in [0, 0.1) is 5.82 Å². The summed E-state index contributed by atoms with van der Waals surface area (Å²) in [5.74, 6) is 1.03. The normalized spacial score (nSPS) is 14.8. The quantitative estimate of drug-likeness (QED) is 0.575. The molecule has 27 heavy (non-hydrogen) atoms. The number of benzene rings is 1. The molecule has 140 valence electrons. The van der Waals surface area contributed by atoms with Crippen molar-refractivity contribution in [3.8, 4) is 0 Å². The molecule has 4 N–H and O–H groups in total. The van der Waals surface area contributed by atoms with Gasteiger partial charge in [0.15, 0.2) is 5.82 Å². The van der Waals surface area contributed by atoms with E-state index in [9.17, 15) is 4.39 Å². The molecule has 1 aliphatic rings. The molecule has 1 aliphatic carbocycles. The minimum Gasteiger partial charge on any atom is -0.346 e. The Morgan fingerprint density at radius 1 is 1.26 bits per heavy atom. The monoisotopic (exact) mass is 387 g/mol. The first-order valence-electron chi connectivity index (χ1n) is 8.69. The van der Waals surface area contributed by atoms with E-state index in [1.54, 1.807) is 23.1 Å². The fourth-order valence-corrected chi connectivity index (χ4v) is 2.97. The molecule has 1 fully saturated rings. The Morgan fingerprint density at radius 2 is 2.04 bits per heavy atom. The zero-order valence-corrected chi connectivity index (χ0v) is 15.2. The van der Waals surface area contributed by atoms with Crippen molar-refractivity contribution in [1.82, 2.24) is 19.9 Å². The number of nitrogens with zero attached hydrogens (tertiary/aromatic N) is 4. The first kappa shape index (κ1) is 17.7. The first-order chi connectivity index (χ1) is 13.1. The largest absolute Gasteiger partial charge is 0.346 e. The number of rotatable bonds is 7. The Balaban J connectivity index is 1.54. The van der Waals surface area contributed by atoms with Gasteiger partial charge in [-0.1, -0.05) is 23.7 Å². The standard InChI is InChI=1S/C18H19ClFN7/c19-14-10-22-18(24-15(9-21)11-3-5-13(20)6-4-11)25-17(14)26-27-16(7-8-23-27)12-1-2-12/h3-8,10,12,15H,1-2,9,21H2,(H2,22,24,25,26)/t15-/m0/s1. The number of hydrogen-bond acceptors (Lipinski definition) is 6. The lowest BCUT2D eigenvalue weighted by atomic mass is 10.1. The van der Waals surface area contributed by atoms with Gasteiger partial charge in [0.25, 0.3) is 0 Å². The molecule has 0 spiro atoms. The maximum atomic E-state index is 13.1.